The van der Waals surface area contributed by atoms with Gasteiger partial charge < -0.3 is 19.9 Å². The number of carbonyl (C=O) groups is 2. The Labute approximate surface area is 163 Å². The van der Waals surface area contributed by atoms with E-state index in [0.29, 0.717) is 18.1 Å². The molecule has 2 aromatic heterocycles. The molecule has 1 aliphatic heterocycles. The summed E-state index contributed by atoms with van der Waals surface area (Å²) in [5.41, 5.74) is 1.38. The molecule has 4 rings (SSSR count). The normalized spacial score (nSPS) is 25.0. The number of imidazole rings is 1. The van der Waals surface area contributed by atoms with Crippen LogP contribution in [0.15, 0.2) is 12.7 Å². The van der Waals surface area contributed by atoms with Crippen LogP contribution in [0.5, 0.6) is 0 Å². The SMILES string of the molecule is COC(=O)C1CCC(CNC(=O)C2CCCN2c2ncnc3nc[nH]c23)CC1. The molecule has 0 radical (unpaired) electrons. The Bertz CT molecular complexity index is 845. The average molecular weight is 386 g/mol. The first-order valence-electron chi connectivity index (χ1n) is 9.93. The van der Waals surface area contributed by atoms with E-state index in [4.69, 9.17) is 4.74 Å². The lowest BCUT2D eigenvalue weighted by Crippen LogP contribution is -2.45. The fraction of sp³-hybridized carbons (Fsp3) is 0.632. The number of hydrogen-bond acceptors (Lipinski definition) is 7. The minimum Gasteiger partial charge on any atom is -0.469 e. The van der Waals surface area contributed by atoms with E-state index in [2.05, 4.69) is 25.3 Å². The number of nitrogens with zero attached hydrogens (tertiary/aromatic N) is 4. The predicted octanol–water partition coefficient (Wildman–Crippen LogP) is 1.42. The van der Waals surface area contributed by atoms with Crippen molar-refractivity contribution >= 4 is 28.9 Å². The Morgan fingerprint density at radius 2 is 2.04 bits per heavy atom. The molecule has 9 nitrogen and oxygen atoms in total. The van der Waals surface area contributed by atoms with Crippen molar-refractivity contribution in [3.8, 4) is 0 Å². The Kier molecular flexibility index (Phi) is 5.40. The van der Waals surface area contributed by atoms with Crippen LogP contribution in [0.3, 0.4) is 0 Å². The van der Waals surface area contributed by atoms with Crippen molar-refractivity contribution < 1.29 is 14.3 Å². The molecule has 1 amide bonds. The number of nitrogens with one attached hydrogen (secondary N) is 2. The first-order chi connectivity index (χ1) is 13.7. The van der Waals surface area contributed by atoms with Crippen molar-refractivity contribution in [2.75, 3.05) is 25.1 Å². The van der Waals surface area contributed by atoms with Gasteiger partial charge in [0.2, 0.25) is 5.91 Å². The zero-order valence-corrected chi connectivity index (χ0v) is 16.1. The standard InChI is InChI=1S/C19H26N6O3/c1-28-19(27)13-6-4-12(5-7-13)9-20-18(26)14-3-2-8-25(14)17-15-16(22-10-21-15)23-11-24-17/h10-14H,2-9H2,1H3,(H,20,26)(H,21,22,23,24). The molecule has 9 heteroatoms. The second-order valence-electron chi connectivity index (χ2n) is 7.64. The highest BCUT2D eigenvalue weighted by molar-refractivity contribution is 5.90. The lowest BCUT2D eigenvalue weighted by molar-refractivity contribution is -0.146. The number of H-pyrrole nitrogens is 1. The maximum Gasteiger partial charge on any atom is 0.308 e. The smallest absolute Gasteiger partial charge is 0.308 e. The minimum absolute atomic E-state index is 0.0110. The summed E-state index contributed by atoms with van der Waals surface area (Å²) in [6.45, 7) is 1.44. The molecule has 1 atom stereocenters. The Morgan fingerprint density at radius 1 is 1.21 bits per heavy atom. The molecule has 0 aromatic carbocycles. The second kappa shape index (κ2) is 8.12. The number of aromatic nitrogens is 4. The van der Waals surface area contributed by atoms with Gasteiger partial charge in [0.15, 0.2) is 11.5 Å². The van der Waals surface area contributed by atoms with E-state index in [0.717, 1.165) is 56.4 Å². The van der Waals surface area contributed by atoms with Crippen LogP contribution < -0.4 is 10.2 Å². The van der Waals surface area contributed by atoms with Crippen LogP contribution in [0.2, 0.25) is 0 Å². The van der Waals surface area contributed by atoms with Gasteiger partial charge >= 0.3 is 5.97 Å². The lowest BCUT2D eigenvalue weighted by Gasteiger charge is -2.29. The summed E-state index contributed by atoms with van der Waals surface area (Å²) in [4.78, 5) is 42.4. The van der Waals surface area contributed by atoms with Gasteiger partial charge in [0.05, 0.1) is 19.4 Å². The third-order valence-corrected chi connectivity index (χ3v) is 5.98. The highest BCUT2D eigenvalue weighted by Crippen LogP contribution is 2.30. The largest absolute Gasteiger partial charge is 0.469 e. The third kappa shape index (κ3) is 3.65. The van der Waals surface area contributed by atoms with Crippen LogP contribution in [0.1, 0.15) is 38.5 Å². The van der Waals surface area contributed by atoms with E-state index >= 15 is 0 Å². The number of amides is 1. The van der Waals surface area contributed by atoms with Crippen LogP contribution in [-0.2, 0) is 14.3 Å². The summed E-state index contributed by atoms with van der Waals surface area (Å²) in [6, 6.07) is -0.229. The summed E-state index contributed by atoms with van der Waals surface area (Å²) in [7, 11) is 1.44. The molecule has 1 saturated heterocycles. The molecule has 2 aliphatic rings. The van der Waals surface area contributed by atoms with Crippen molar-refractivity contribution in [1.82, 2.24) is 25.3 Å². The van der Waals surface area contributed by atoms with Gasteiger partial charge in [-0.2, -0.15) is 0 Å². The molecule has 0 spiro atoms. The van der Waals surface area contributed by atoms with Crippen LogP contribution in [0, 0.1) is 11.8 Å². The Balaban J connectivity index is 1.35. The fourth-order valence-electron chi connectivity index (χ4n) is 4.39. The van der Waals surface area contributed by atoms with E-state index < -0.39 is 0 Å². The molecule has 2 aromatic rings. The number of fused-ring (bicyclic) bond motifs is 1. The molecule has 150 valence electrons. The van der Waals surface area contributed by atoms with E-state index in [-0.39, 0.29) is 23.8 Å². The van der Waals surface area contributed by atoms with Gasteiger partial charge in [0.25, 0.3) is 0 Å². The Hall–Kier alpha value is -2.71. The highest BCUT2D eigenvalue weighted by Gasteiger charge is 2.34. The topological polar surface area (TPSA) is 113 Å². The van der Waals surface area contributed by atoms with Gasteiger partial charge in [-0.3, -0.25) is 9.59 Å². The number of carbonyl (C=O) groups excluding carboxylic acids is 2. The van der Waals surface area contributed by atoms with Gasteiger partial charge in [-0.1, -0.05) is 0 Å². The minimum atomic E-state index is -0.229. The second-order valence-corrected chi connectivity index (χ2v) is 7.64. The molecular formula is C19H26N6O3. The molecule has 2 fully saturated rings. The number of methoxy groups -OCH3 is 1. The molecular weight excluding hydrogens is 360 g/mol. The van der Waals surface area contributed by atoms with Crippen LogP contribution >= 0.6 is 0 Å². The molecule has 28 heavy (non-hydrogen) atoms. The van der Waals surface area contributed by atoms with Gasteiger partial charge in [-0.05, 0) is 44.4 Å². The molecule has 1 saturated carbocycles. The van der Waals surface area contributed by atoms with Gasteiger partial charge in [0.1, 0.15) is 17.9 Å². The number of anilines is 1. The average Bonchev–Trinajstić information content (AvgIpc) is 3.41. The maximum absolute atomic E-state index is 12.9. The lowest BCUT2D eigenvalue weighted by atomic mass is 9.82. The predicted molar refractivity (Wildman–Crippen MR) is 103 cm³/mol. The fourth-order valence-corrected chi connectivity index (χ4v) is 4.39. The number of ether oxygens (including phenoxy) is 1. The van der Waals surface area contributed by atoms with Gasteiger partial charge in [-0.15, -0.1) is 0 Å². The van der Waals surface area contributed by atoms with E-state index in [1.807, 2.05) is 4.90 Å². The quantitative estimate of drug-likeness (QED) is 0.747. The third-order valence-electron chi connectivity index (χ3n) is 5.98. The number of aromatic amines is 1. The van der Waals surface area contributed by atoms with E-state index in [1.165, 1.54) is 13.4 Å². The van der Waals surface area contributed by atoms with Crippen molar-refractivity contribution in [3.05, 3.63) is 12.7 Å². The molecule has 1 unspecified atom stereocenters. The maximum atomic E-state index is 12.9. The zero-order valence-electron chi connectivity index (χ0n) is 16.1. The summed E-state index contributed by atoms with van der Waals surface area (Å²) >= 11 is 0. The van der Waals surface area contributed by atoms with Gasteiger partial charge in [-0.25, -0.2) is 15.0 Å². The van der Waals surface area contributed by atoms with Crippen molar-refractivity contribution in [2.24, 2.45) is 11.8 Å². The van der Waals surface area contributed by atoms with E-state index in [1.54, 1.807) is 6.33 Å². The molecule has 2 N–H and O–H groups in total. The van der Waals surface area contributed by atoms with Crippen LogP contribution in [-0.4, -0.2) is 58.1 Å². The van der Waals surface area contributed by atoms with Gasteiger partial charge in [0, 0.05) is 13.1 Å². The zero-order chi connectivity index (χ0) is 19.5. The Morgan fingerprint density at radius 3 is 2.82 bits per heavy atom. The first-order valence-corrected chi connectivity index (χ1v) is 9.93. The van der Waals surface area contributed by atoms with Crippen LogP contribution in [0.25, 0.3) is 11.2 Å². The molecule has 1 aliphatic carbocycles. The summed E-state index contributed by atoms with van der Waals surface area (Å²) in [5, 5.41) is 3.13. The number of esters is 1. The number of hydrogen-bond donors (Lipinski definition) is 2. The van der Waals surface area contributed by atoms with E-state index in [9.17, 15) is 9.59 Å². The summed E-state index contributed by atoms with van der Waals surface area (Å²) < 4.78 is 4.84. The van der Waals surface area contributed by atoms with Crippen LogP contribution in [0.4, 0.5) is 5.82 Å². The summed E-state index contributed by atoms with van der Waals surface area (Å²) in [5.74, 6) is 1.09. The molecule has 0 bridgehead atoms. The first kappa shape index (κ1) is 18.6. The van der Waals surface area contributed by atoms with Crippen molar-refractivity contribution in [1.29, 1.82) is 0 Å². The van der Waals surface area contributed by atoms with Crippen molar-refractivity contribution in [3.63, 3.8) is 0 Å². The highest BCUT2D eigenvalue weighted by atomic mass is 16.5. The molecule has 3 heterocycles. The number of rotatable bonds is 5. The van der Waals surface area contributed by atoms with Crippen molar-refractivity contribution in [2.45, 2.75) is 44.6 Å². The monoisotopic (exact) mass is 386 g/mol. The summed E-state index contributed by atoms with van der Waals surface area (Å²) in [6.07, 6.45) is 8.39.